The quantitative estimate of drug-likeness (QED) is 0.843. The van der Waals surface area contributed by atoms with E-state index >= 15 is 0 Å². The topological polar surface area (TPSA) is 67.6 Å². The number of amides is 1. The highest BCUT2D eigenvalue weighted by molar-refractivity contribution is 7.07. The van der Waals surface area contributed by atoms with Crippen molar-refractivity contribution in [2.45, 2.75) is 39.0 Å². The van der Waals surface area contributed by atoms with E-state index in [1.807, 2.05) is 27.8 Å². The summed E-state index contributed by atoms with van der Waals surface area (Å²) in [5.41, 5.74) is 6.56. The van der Waals surface area contributed by atoms with E-state index in [9.17, 15) is 4.79 Å². The zero-order valence-corrected chi connectivity index (χ0v) is 13.5. The van der Waals surface area contributed by atoms with E-state index in [0.29, 0.717) is 13.1 Å². The molecule has 0 aliphatic heterocycles. The lowest BCUT2D eigenvalue weighted by Crippen LogP contribution is -2.46. The summed E-state index contributed by atoms with van der Waals surface area (Å²) in [6.07, 6.45) is -0.403. The fourth-order valence-electron chi connectivity index (χ4n) is 1.73. The zero-order valence-electron chi connectivity index (χ0n) is 12.7. The SMILES string of the molecule is CN(Cc1ccsc1)C(CN)CNC(=O)OC(C)(C)C. The number of nitrogens with zero attached hydrogens (tertiary/aromatic N) is 1. The molecule has 20 heavy (non-hydrogen) atoms. The summed E-state index contributed by atoms with van der Waals surface area (Å²) >= 11 is 1.68. The van der Waals surface area contributed by atoms with Gasteiger partial charge in [0.2, 0.25) is 0 Å². The zero-order chi connectivity index (χ0) is 15.2. The van der Waals surface area contributed by atoms with Gasteiger partial charge in [0.15, 0.2) is 0 Å². The summed E-state index contributed by atoms with van der Waals surface area (Å²) < 4.78 is 5.21. The van der Waals surface area contributed by atoms with Crippen LogP contribution in [0.3, 0.4) is 0 Å². The van der Waals surface area contributed by atoms with Crippen molar-refractivity contribution in [2.24, 2.45) is 5.73 Å². The predicted molar refractivity (Wildman–Crippen MR) is 82.9 cm³/mol. The molecular weight excluding hydrogens is 274 g/mol. The summed E-state index contributed by atoms with van der Waals surface area (Å²) in [5, 5.41) is 6.94. The van der Waals surface area contributed by atoms with Crippen LogP contribution >= 0.6 is 11.3 Å². The first kappa shape index (κ1) is 16.9. The molecule has 1 aromatic heterocycles. The molecule has 0 aromatic carbocycles. The molecule has 1 atom stereocenters. The van der Waals surface area contributed by atoms with Crippen molar-refractivity contribution in [3.8, 4) is 0 Å². The highest BCUT2D eigenvalue weighted by Crippen LogP contribution is 2.10. The molecule has 0 fully saturated rings. The van der Waals surface area contributed by atoms with Crippen LogP contribution in [0.2, 0.25) is 0 Å². The van der Waals surface area contributed by atoms with Crippen LogP contribution in [0.5, 0.6) is 0 Å². The second-order valence-corrected chi connectivity index (χ2v) is 6.60. The third kappa shape index (κ3) is 6.36. The molecule has 0 aliphatic rings. The van der Waals surface area contributed by atoms with Crippen molar-refractivity contribution in [3.63, 3.8) is 0 Å². The maximum Gasteiger partial charge on any atom is 0.407 e. The number of thiophene rings is 1. The molecule has 1 heterocycles. The number of carbonyl (C=O) groups excluding carboxylic acids is 1. The molecular formula is C14H25N3O2S. The summed E-state index contributed by atoms with van der Waals surface area (Å²) in [6, 6.07) is 2.18. The molecule has 1 amide bonds. The Morgan fingerprint density at radius 1 is 1.55 bits per heavy atom. The van der Waals surface area contributed by atoms with Gasteiger partial charge in [-0.3, -0.25) is 4.90 Å². The Labute approximate surface area is 125 Å². The molecule has 5 nitrogen and oxygen atoms in total. The Morgan fingerprint density at radius 3 is 2.75 bits per heavy atom. The van der Waals surface area contributed by atoms with Gasteiger partial charge in [0.1, 0.15) is 5.60 Å². The molecule has 1 rings (SSSR count). The van der Waals surface area contributed by atoms with Gasteiger partial charge >= 0.3 is 6.09 Å². The third-order valence-corrected chi connectivity index (χ3v) is 3.52. The van der Waals surface area contributed by atoms with Crippen LogP contribution in [0.4, 0.5) is 4.79 Å². The predicted octanol–water partition coefficient (Wildman–Crippen LogP) is 2.03. The average Bonchev–Trinajstić information content (AvgIpc) is 2.80. The smallest absolute Gasteiger partial charge is 0.407 e. The Morgan fingerprint density at radius 2 is 2.25 bits per heavy atom. The second-order valence-electron chi connectivity index (χ2n) is 5.82. The van der Waals surface area contributed by atoms with E-state index in [0.717, 1.165) is 6.54 Å². The lowest BCUT2D eigenvalue weighted by molar-refractivity contribution is 0.0511. The maximum absolute atomic E-state index is 11.6. The van der Waals surface area contributed by atoms with E-state index in [4.69, 9.17) is 10.5 Å². The van der Waals surface area contributed by atoms with Crippen molar-refractivity contribution < 1.29 is 9.53 Å². The van der Waals surface area contributed by atoms with E-state index in [1.54, 1.807) is 11.3 Å². The van der Waals surface area contributed by atoms with Gasteiger partial charge in [0.05, 0.1) is 0 Å². The minimum absolute atomic E-state index is 0.0856. The minimum Gasteiger partial charge on any atom is -0.444 e. The largest absolute Gasteiger partial charge is 0.444 e. The first-order chi connectivity index (χ1) is 9.31. The Bertz CT molecular complexity index is 401. The van der Waals surface area contributed by atoms with Crippen LogP contribution in [-0.4, -0.2) is 42.8 Å². The van der Waals surface area contributed by atoms with E-state index < -0.39 is 11.7 Å². The van der Waals surface area contributed by atoms with Gasteiger partial charge in [-0.25, -0.2) is 4.79 Å². The van der Waals surface area contributed by atoms with Crippen LogP contribution < -0.4 is 11.1 Å². The van der Waals surface area contributed by atoms with Crippen LogP contribution in [0.1, 0.15) is 26.3 Å². The summed E-state index contributed by atoms with van der Waals surface area (Å²) in [5.74, 6) is 0. The van der Waals surface area contributed by atoms with Gasteiger partial charge in [0.25, 0.3) is 0 Å². The number of hydrogen-bond acceptors (Lipinski definition) is 5. The number of carbonyl (C=O) groups is 1. The summed E-state index contributed by atoms with van der Waals surface area (Å²) in [7, 11) is 2.01. The number of alkyl carbamates (subject to hydrolysis) is 1. The van der Waals surface area contributed by atoms with Crippen molar-refractivity contribution >= 4 is 17.4 Å². The number of nitrogens with one attached hydrogen (secondary N) is 1. The highest BCUT2D eigenvalue weighted by Gasteiger charge is 2.19. The number of nitrogens with two attached hydrogens (primary N) is 1. The van der Waals surface area contributed by atoms with Crippen molar-refractivity contribution in [2.75, 3.05) is 20.1 Å². The molecule has 0 radical (unpaired) electrons. The Hall–Kier alpha value is -1.11. The molecule has 6 heteroatoms. The van der Waals surface area contributed by atoms with Crippen LogP contribution in [0.15, 0.2) is 16.8 Å². The fraction of sp³-hybridized carbons (Fsp3) is 0.643. The van der Waals surface area contributed by atoms with Crippen LogP contribution in [0, 0.1) is 0 Å². The van der Waals surface area contributed by atoms with E-state index in [-0.39, 0.29) is 6.04 Å². The van der Waals surface area contributed by atoms with Crippen molar-refractivity contribution in [3.05, 3.63) is 22.4 Å². The summed E-state index contributed by atoms with van der Waals surface area (Å²) in [4.78, 5) is 13.8. The van der Waals surface area contributed by atoms with Gasteiger partial charge in [0, 0.05) is 25.7 Å². The van der Waals surface area contributed by atoms with Gasteiger partial charge in [-0.2, -0.15) is 11.3 Å². The first-order valence-corrected chi connectivity index (χ1v) is 7.64. The number of rotatable bonds is 6. The lowest BCUT2D eigenvalue weighted by Gasteiger charge is -2.27. The molecule has 114 valence electrons. The van der Waals surface area contributed by atoms with Crippen molar-refractivity contribution in [1.29, 1.82) is 0 Å². The average molecular weight is 299 g/mol. The molecule has 0 saturated heterocycles. The summed E-state index contributed by atoms with van der Waals surface area (Å²) in [6.45, 7) is 7.31. The normalized spacial score (nSPS) is 13.3. The van der Waals surface area contributed by atoms with E-state index in [1.165, 1.54) is 5.56 Å². The number of ether oxygens (including phenoxy) is 1. The monoisotopic (exact) mass is 299 g/mol. The van der Waals surface area contributed by atoms with Gasteiger partial charge < -0.3 is 15.8 Å². The van der Waals surface area contributed by atoms with Crippen molar-refractivity contribution in [1.82, 2.24) is 10.2 Å². The van der Waals surface area contributed by atoms with Crippen LogP contribution in [-0.2, 0) is 11.3 Å². The van der Waals surface area contributed by atoms with Gasteiger partial charge in [-0.1, -0.05) is 0 Å². The third-order valence-electron chi connectivity index (χ3n) is 2.79. The van der Waals surface area contributed by atoms with Gasteiger partial charge in [-0.05, 0) is 50.2 Å². The molecule has 0 spiro atoms. The van der Waals surface area contributed by atoms with E-state index in [2.05, 4.69) is 27.0 Å². The number of hydrogen-bond donors (Lipinski definition) is 2. The fourth-order valence-corrected chi connectivity index (χ4v) is 2.39. The second kappa shape index (κ2) is 7.61. The molecule has 1 aromatic rings. The molecule has 3 N–H and O–H groups in total. The molecule has 0 aliphatic carbocycles. The Kier molecular flexibility index (Phi) is 6.45. The highest BCUT2D eigenvalue weighted by atomic mass is 32.1. The van der Waals surface area contributed by atoms with Crippen LogP contribution in [0.25, 0.3) is 0 Å². The lowest BCUT2D eigenvalue weighted by atomic mass is 10.2. The molecule has 0 saturated carbocycles. The molecule has 0 bridgehead atoms. The first-order valence-electron chi connectivity index (χ1n) is 6.70. The number of likely N-dealkylation sites (N-methyl/N-ethyl adjacent to an activating group) is 1. The van der Waals surface area contributed by atoms with Gasteiger partial charge in [-0.15, -0.1) is 0 Å². The molecule has 1 unspecified atom stereocenters. The Balaban J connectivity index is 2.40. The maximum atomic E-state index is 11.6. The minimum atomic E-state index is -0.481. The standard InChI is InChI=1S/C14H25N3O2S/c1-14(2,3)19-13(18)16-8-12(7-15)17(4)9-11-5-6-20-10-11/h5-6,10,12H,7-9,15H2,1-4H3,(H,16,18).